The Morgan fingerprint density at radius 3 is 2.20 bits per heavy atom. The van der Waals surface area contributed by atoms with Crippen molar-refractivity contribution in [1.82, 2.24) is 10.2 Å². The van der Waals surface area contributed by atoms with Gasteiger partial charge >= 0.3 is 11.9 Å². The van der Waals surface area contributed by atoms with E-state index in [1.165, 1.54) is 13.3 Å². The summed E-state index contributed by atoms with van der Waals surface area (Å²) in [6.07, 6.45) is 4.79. The lowest BCUT2D eigenvalue weighted by atomic mass is 9.81. The minimum atomic E-state index is -1.12. The van der Waals surface area contributed by atoms with Gasteiger partial charge in [-0.2, -0.15) is 0 Å². The molecule has 7 nitrogen and oxygen atoms in total. The number of rotatable bonds is 6. The van der Waals surface area contributed by atoms with Gasteiger partial charge in [0.05, 0.1) is 0 Å². The van der Waals surface area contributed by atoms with E-state index >= 15 is 0 Å². The SMILES string of the molecule is CCCN1CCN(c2ccc(C(=O)NC3(C(=O)OC(C)=O)CCCCC3)cc2)CC1. The maximum absolute atomic E-state index is 12.9. The Hall–Kier alpha value is -2.41. The Labute approximate surface area is 178 Å². The number of benzene rings is 1. The molecule has 1 saturated heterocycles. The van der Waals surface area contributed by atoms with E-state index in [0.29, 0.717) is 18.4 Å². The van der Waals surface area contributed by atoms with Crippen molar-refractivity contribution >= 4 is 23.5 Å². The van der Waals surface area contributed by atoms with Gasteiger partial charge in [-0.15, -0.1) is 0 Å². The molecule has 0 atom stereocenters. The molecule has 1 aliphatic carbocycles. The number of hydrogen-bond donors (Lipinski definition) is 1. The van der Waals surface area contributed by atoms with E-state index in [4.69, 9.17) is 4.74 Å². The number of hydrogen-bond acceptors (Lipinski definition) is 6. The molecule has 1 aliphatic heterocycles. The smallest absolute Gasteiger partial charge is 0.339 e. The largest absolute Gasteiger partial charge is 0.392 e. The van der Waals surface area contributed by atoms with Gasteiger partial charge in [0.15, 0.2) is 0 Å². The van der Waals surface area contributed by atoms with Gasteiger partial charge in [-0.1, -0.05) is 26.2 Å². The number of ether oxygens (including phenoxy) is 1. The second-order valence-corrected chi connectivity index (χ2v) is 8.35. The first-order chi connectivity index (χ1) is 14.4. The standard InChI is InChI=1S/C23H33N3O4/c1-3-13-25-14-16-26(17-15-25)20-9-7-19(8-10-20)21(28)24-23(11-5-4-6-12-23)22(29)30-18(2)27/h7-10H,3-6,11-17H2,1-2H3,(H,24,28). The van der Waals surface area contributed by atoms with Crippen LogP contribution in [0.5, 0.6) is 0 Å². The highest BCUT2D eigenvalue weighted by Gasteiger charge is 2.43. The van der Waals surface area contributed by atoms with Gasteiger partial charge in [-0.3, -0.25) is 14.5 Å². The van der Waals surface area contributed by atoms with Gasteiger partial charge < -0.3 is 15.0 Å². The number of esters is 2. The summed E-state index contributed by atoms with van der Waals surface area (Å²) in [4.78, 5) is 41.5. The first kappa shape index (κ1) is 22.3. The third-order valence-corrected chi connectivity index (χ3v) is 6.09. The van der Waals surface area contributed by atoms with E-state index in [0.717, 1.165) is 57.7 Å². The Bertz CT molecular complexity index is 748. The Kier molecular flexibility index (Phi) is 7.48. The summed E-state index contributed by atoms with van der Waals surface area (Å²) < 4.78 is 4.85. The molecule has 0 radical (unpaired) electrons. The molecule has 0 bridgehead atoms. The van der Waals surface area contributed by atoms with Crippen LogP contribution in [-0.2, 0) is 14.3 Å². The molecule has 1 aromatic carbocycles. The lowest BCUT2D eigenvalue weighted by molar-refractivity contribution is -0.164. The van der Waals surface area contributed by atoms with E-state index in [9.17, 15) is 14.4 Å². The molecular formula is C23H33N3O4. The average molecular weight is 416 g/mol. The van der Waals surface area contributed by atoms with Gasteiger partial charge in [0, 0.05) is 44.4 Å². The predicted molar refractivity (Wildman–Crippen MR) is 115 cm³/mol. The zero-order valence-electron chi connectivity index (χ0n) is 18.1. The van der Waals surface area contributed by atoms with Crippen molar-refractivity contribution in [2.45, 2.75) is 57.9 Å². The summed E-state index contributed by atoms with van der Waals surface area (Å²) >= 11 is 0. The monoisotopic (exact) mass is 415 g/mol. The lowest BCUT2D eigenvalue weighted by Crippen LogP contribution is -2.56. The Morgan fingerprint density at radius 1 is 1.00 bits per heavy atom. The van der Waals surface area contributed by atoms with Crippen molar-refractivity contribution < 1.29 is 19.1 Å². The van der Waals surface area contributed by atoms with Gasteiger partial charge in [0.25, 0.3) is 5.91 Å². The van der Waals surface area contributed by atoms with Crippen molar-refractivity contribution in [3.8, 4) is 0 Å². The van der Waals surface area contributed by atoms with Crippen molar-refractivity contribution in [1.29, 1.82) is 0 Å². The summed E-state index contributed by atoms with van der Waals surface area (Å²) in [6, 6.07) is 7.53. The zero-order chi connectivity index (χ0) is 21.6. The summed E-state index contributed by atoms with van der Waals surface area (Å²) in [7, 11) is 0. The van der Waals surface area contributed by atoms with Gasteiger partial charge in [0.1, 0.15) is 5.54 Å². The van der Waals surface area contributed by atoms with E-state index < -0.39 is 17.5 Å². The maximum Gasteiger partial charge on any atom is 0.339 e. The number of amides is 1. The second kappa shape index (κ2) is 10.1. The summed E-state index contributed by atoms with van der Waals surface area (Å²) in [5.41, 5.74) is 0.491. The first-order valence-electron chi connectivity index (χ1n) is 11.1. The van der Waals surface area contributed by atoms with E-state index in [1.807, 2.05) is 12.1 Å². The highest BCUT2D eigenvalue weighted by Crippen LogP contribution is 2.30. The number of piperazine rings is 1. The fourth-order valence-corrected chi connectivity index (χ4v) is 4.42. The third-order valence-electron chi connectivity index (χ3n) is 6.09. The third kappa shape index (κ3) is 5.39. The van der Waals surface area contributed by atoms with Crippen LogP contribution in [0.2, 0.25) is 0 Å². The highest BCUT2D eigenvalue weighted by molar-refractivity contribution is 6.00. The van der Waals surface area contributed by atoms with Crippen LogP contribution in [0.1, 0.15) is 62.7 Å². The number of carbonyl (C=O) groups excluding carboxylic acids is 3. The number of nitrogens with one attached hydrogen (secondary N) is 1. The van der Waals surface area contributed by atoms with Gasteiger partial charge in [-0.25, -0.2) is 4.79 Å². The normalized spacial score (nSPS) is 19.2. The number of carbonyl (C=O) groups is 3. The van der Waals surface area contributed by atoms with Crippen LogP contribution in [0, 0.1) is 0 Å². The summed E-state index contributed by atoms with van der Waals surface area (Å²) in [5, 5.41) is 2.89. The van der Waals surface area contributed by atoms with Crippen molar-refractivity contribution in [2.24, 2.45) is 0 Å². The molecule has 0 spiro atoms. The molecule has 1 amide bonds. The molecule has 1 heterocycles. The lowest BCUT2D eigenvalue weighted by Gasteiger charge is -2.36. The van der Waals surface area contributed by atoms with Crippen LogP contribution < -0.4 is 10.2 Å². The van der Waals surface area contributed by atoms with Crippen molar-refractivity contribution in [3.05, 3.63) is 29.8 Å². The van der Waals surface area contributed by atoms with Gasteiger partial charge in [0.2, 0.25) is 0 Å². The highest BCUT2D eigenvalue weighted by atomic mass is 16.6. The minimum Gasteiger partial charge on any atom is -0.392 e. The quantitative estimate of drug-likeness (QED) is 0.569. The number of anilines is 1. The molecule has 2 fully saturated rings. The fraction of sp³-hybridized carbons (Fsp3) is 0.609. The zero-order valence-corrected chi connectivity index (χ0v) is 18.1. The second-order valence-electron chi connectivity index (χ2n) is 8.35. The van der Waals surface area contributed by atoms with Gasteiger partial charge in [-0.05, 0) is 50.1 Å². The van der Waals surface area contributed by atoms with Crippen LogP contribution in [0.4, 0.5) is 5.69 Å². The number of nitrogens with zero attached hydrogens (tertiary/aromatic N) is 2. The molecule has 0 aromatic heterocycles. The first-order valence-corrected chi connectivity index (χ1v) is 11.1. The molecule has 1 N–H and O–H groups in total. The van der Waals surface area contributed by atoms with E-state index in [-0.39, 0.29) is 5.91 Å². The molecular weight excluding hydrogens is 382 g/mol. The molecule has 3 rings (SSSR count). The van der Waals surface area contributed by atoms with Crippen LogP contribution in [0.15, 0.2) is 24.3 Å². The predicted octanol–water partition coefficient (Wildman–Crippen LogP) is 2.74. The summed E-state index contributed by atoms with van der Waals surface area (Å²) in [5.74, 6) is -1.61. The van der Waals surface area contributed by atoms with E-state index in [1.54, 1.807) is 12.1 Å². The molecule has 7 heteroatoms. The van der Waals surface area contributed by atoms with Crippen LogP contribution in [-0.4, -0.2) is 61.0 Å². The average Bonchev–Trinajstić information content (AvgIpc) is 2.75. The fourth-order valence-electron chi connectivity index (χ4n) is 4.42. The minimum absolute atomic E-state index is 0.309. The van der Waals surface area contributed by atoms with E-state index in [2.05, 4.69) is 22.0 Å². The molecule has 164 valence electrons. The Balaban J connectivity index is 1.64. The summed E-state index contributed by atoms with van der Waals surface area (Å²) in [6.45, 7) is 8.61. The molecule has 2 aliphatic rings. The molecule has 0 unspecified atom stereocenters. The molecule has 30 heavy (non-hydrogen) atoms. The van der Waals surface area contributed by atoms with Crippen LogP contribution in [0.3, 0.4) is 0 Å². The topological polar surface area (TPSA) is 78.9 Å². The van der Waals surface area contributed by atoms with Crippen LogP contribution >= 0.6 is 0 Å². The Morgan fingerprint density at radius 2 is 1.63 bits per heavy atom. The van der Waals surface area contributed by atoms with Crippen molar-refractivity contribution in [3.63, 3.8) is 0 Å². The van der Waals surface area contributed by atoms with Crippen LogP contribution in [0.25, 0.3) is 0 Å². The van der Waals surface area contributed by atoms with Crippen molar-refractivity contribution in [2.75, 3.05) is 37.6 Å². The maximum atomic E-state index is 12.9. The molecule has 1 saturated carbocycles. The molecule has 1 aromatic rings.